The van der Waals surface area contributed by atoms with Gasteiger partial charge in [-0.2, -0.15) is 0 Å². The number of halogens is 1. The lowest BCUT2D eigenvalue weighted by molar-refractivity contribution is 0.0686. The van der Waals surface area contributed by atoms with Crippen LogP contribution >= 0.6 is 0 Å². The van der Waals surface area contributed by atoms with E-state index in [-0.39, 0.29) is 22.7 Å². The largest absolute Gasteiger partial charge is 0.478 e. The van der Waals surface area contributed by atoms with Crippen molar-refractivity contribution in [3.8, 4) is 11.5 Å². The van der Waals surface area contributed by atoms with Gasteiger partial charge < -0.3 is 20.3 Å². The maximum atomic E-state index is 13.9. The van der Waals surface area contributed by atoms with Gasteiger partial charge in [0.2, 0.25) is 0 Å². The number of nitrogens with one attached hydrogen (secondary N) is 2. The summed E-state index contributed by atoms with van der Waals surface area (Å²) in [6.45, 7) is 0. The van der Waals surface area contributed by atoms with E-state index in [0.29, 0.717) is 0 Å². The molecule has 0 bridgehead atoms. The fraction of sp³-hybridized carbons (Fsp3) is 0.0455. The van der Waals surface area contributed by atoms with Crippen LogP contribution in [0.4, 0.5) is 10.1 Å². The standard InChI is InChI=1S/C22H17FN2O8S/c1-24-20(26)16-11-15(6-7-18(16)23)34(31,32)25-19-8-5-14(10-17(19)22(29)30)33-13-4-2-3-12(9-13)21(27)28/h2-11,25H,1H3,(H,24,26)(H,27,28)(H,29,30). The molecule has 0 aliphatic rings. The van der Waals surface area contributed by atoms with E-state index < -0.39 is 49.7 Å². The predicted molar refractivity (Wildman–Crippen MR) is 117 cm³/mol. The van der Waals surface area contributed by atoms with E-state index in [0.717, 1.165) is 30.3 Å². The number of rotatable bonds is 8. The molecule has 0 spiro atoms. The van der Waals surface area contributed by atoms with Crippen molar-refractivity contribution in [2.45, 2.75) is 4.90 Å². The van der Waals surface area contributed by atoms with Crippen molar-refractivity contribution in [2.24, 2.45) is 0 Å². The summed E-state index contributed by atoms with van der Waals surface area (Å²) in [6.07, 6.45) is 0. The van der Waals surface area contributed by atoms with E-state index in [4.69, 9.17) is 9.84 Å². The van der Waals surface area contributed by atoms with E-state index in [1.54, 1.807) is 0 Å². The van der Waals surface area contributed by atoms with Gasteiger partial charge in [0.25, 0.3) is 15.9 Å². The van der Waals surface area contributed by atoms with Crippen molar-refractivity contribution in [3.05, 3.63) is 83.2 Å². The number of carboxylic acid groups (broad SMARTS) is 2. The summed E-state index contributed by atoms with van der Waals surface area (Å²) >= 11 is 0. The topological polar surface area (TPSA) is 159 Å². The molecule has 0 fully saturated rings. The van der Waals surface area contributed by atoms with E-state index >= 15 is 0 Å². The molecule has 10 nitrogen and oxygen atoms in total. The second-order valence-electron chi connectivity index (χ2n) is 6.77. The van der Waals surface area contributed by atoms with Crippen molar-refractivity contribution in [2.75, 3.05) is 11.8 Å². The minimum absolute atomic E-state index is 0.00609. The van der Waals surface area contributed by atoms with Crippen molar-refractivity contribution in [3.63, 3.8) is 0 Å². The van der Waals surface area contributed by atoms with E-state index in [1.165, 1.54) is 37.4 Å². The van der Waals surface area contributed by atoms with Gasteiger partial charge in [-0.15, -0.1) is 0 Å². The van der Waals surface area contributed by atoms with E-state index in [9.17, 15) is 32.3 Å². The van der Waals surface area contributed by atoms with Crippen LogP contribution in [-0.2, 0) is 10.0 Å². The summed E-state index contributed by atoms with van der Waals surface area (Å²) in [5.74, 6) is -4.30. The van der Waals surface area contributed by atoms with Crippen molar-refractivity contribution in [1.29, 1.82) is 0 Å². The summed E-state index contributed by atoms with van der Waals surface area (Å²) in [5, 5.41) is 20.8. The van der Waals surface area contributed by atoms with Crippen LogP contribution in [0.1, 0.15) is 31.1 Å². The van der Waals surface area contributed by atoms with Crippen LogP contribution in [0, 0.1) is 5.82 Å². The van der Waals surface area contributed by atoms with E-state index in [1.807, 2.05) is 0 Å². The minimum Gasteiger partial charge on any atom is -0.478 e. The lowest BCUT2D eigenvalue weighted by Crippen LogP contribution is -2.21. The highest BCUT2D eigenvalue weighted by Crippen LogP contribution is 2.29. The molecule has 0 saturated heterocycles. The Hall–Kier alpha value is -4.45. The predicted octanol–water partition coefficient (Wildman–Crippen LogP) is 3.17. The van der Waals surface area contributed by atoms with Crippen molar-refractivity contribution < 1.29 is 42.1 Å². The SMILES string of the molecule is CNC(=O)c1cc(S(=O)(=O)Nc2ccc(Oc3cccc(C(=O)O)c3)cc2C(=O)O)ccc1F. The molecular formula is C22H17FN2O8S. The third kappa shape index (κ3) is 5.30. The lowest BCUT2D eigenvalue weighted by atomic mass is 10.1. The zero-order valence-electron chi connectivity index (χ0n) is 17.4. The Kier molecular flexibility index (Phi) is 6.82. The number of benzene rings is 3. The summed E-state index contributed by atoms with van der Waals surface area (Å²) in [6, 6.07) is 11.5. The molecule has 176 valence electrons. The molecule has 0 aliphatic heterocycles. The smallest absolute Gasteiger partial charge is 0.337 e. The van der Waals surface area contributed by atoms with Crippen molar-refractivity contribution >= 4 is 33.6 Å². The fourth-order valence-electron chi connectivity index (χ4n) is 2.87. The molecule has 34 heavy (non-hydrogen) atoms. The normalized spacial score (nSPS) is 10.9. The van der Waals surface area contributed by atoms with Crippen LogP contribution in [0.25, 0.3) is 0 Å². The Bertz CT molecular complexity index is 1410. The number of carboxylic acids is 2. The van der Waals surface area contributed by atoms with Crippen LogP contribution in [0.5, 0.6) is 11.5 Å². The monoisotopic (exact) mass is 488 g/mol. The van der Waals surface area contributed by atoms with Crippen LogP contribution < -0.4 is 14.8 Å². The summed E-state index contributed by atoms with van der Waals surface area (Å²) < 4.78 is 47.1. The molecule has 0 aliphatic carbocycles. The first-order chi connectivity index (χ1) is 16.0. The number of amides is 1. The van der Waals surface area contributed by atoms with Gasteiger partial charge in [0.1, 0.15) is 17.3 Å². The van der Waals surface area contributed by atoms with Gasteiger partial charge in [0, 0.05) is 7.05 Å². The second kappa shape index (κ2) is 9.58. The van der Waals surface area contributed by atoms with Gasteiger partial charge >= 0.3 is 11.9 Å². The quantitative estimate of drug-likeness (QED) is 0.376. The molecular weight excluding hydrogens is 471 g/mol. The summed E-state index contributed by atoms with van der Waals surface area (Å²) in [5.41, 5.74) is -1.33. The Morgan fingerprint density at radius 3 is 2.24 bits per heavy atom. The maximum absolute atomic E-state index is 13.9. The summed E-state index contributed by atoms with van der Waals surface area (Å²) in [7, 11) is -3.15. The molecule has 12 heteroatoms. The van der Waals surface area contributed by atoms with Crippen LogP contribution in [0.15, 0.2) is 65.6 Å². The van der Waals surface area contributed by atoms with Gasteiger partial charge in [-0.1, -0.05) is 6.07 Å². The van der Waals surface area contributed by atoms with Gasteiger partial charge in [-0.25, -0.2) is 22.4 Å². The maximum Gasteiger partial charge on any atom is 0.337 e. The fourth-order valence-corrected chi connectivity index (χ4v) is 3.97. The number of carbonyl (C=O) groups is 3. The highest BCUT2D eigenvalue weighted by atomic mass is 32.2. The van der Waals surface area contributed by atoms with Gasteiger partial charge in [-0.05, 0) is 54.6 Å². The lowest BCUT2D eigenvalue weighted by Gasteiger charge is -2.13. The molecule has 1 amide bonds. The van der Waals surface area contributed by atoms with Gasteiger partial charge in [0.05, 0.1) is 27.3 Å². The Balaban J connectivity index is 1.93. The molecule has 4 N–H and O–H groups in total. The van der Waals surface area contributed by atoms with Crippen LogP contribution in [-0.4, -0.2) is 43.5 Å². The molecule has 0 radical (unpaired) electrons. The molecule has 3 rings (SSSR count). The van der Waals surface area contributed by atoms with Crippen LogP contribution in [0.2, 0.25) is 0 Å². The molecule has 0 aromatic heterocycles. The Morgan fingerprint density at radius 1 is 0.882 bits per heavy atom. The number of anilines is 1. The average molecular weight is 488 g/mol. The molecule has 0 saturated carbocycles. The summed E-state index contributed by atoms with van der Waals surface area (Å²) in [4.78, 5) is 34.2. The molecule has 3 aromatic carbocycles. The first kappa shape index (κ1) is 24.2. The Morgan fingerprint density at radius 2 is 1.59 bits per heavy atom. The molecule has 3 aromatic rings. The number of ether oxygens (including phenoxy) is 1. The number of sulfonamides is 1. The van der Waals surface area contributed by atoms with Crippen LogP contribution in [0.3, 0.4) is 0 Å². The van der Waals surface area contributed by atoms with Gasteiger partial charge in [-0.3, -0.25) is 9.52 Å². The van der Waals surface area contributed by atoms with E-state index in [2.05, 4.69) is 10.0 Å². The zero-order chi connectivity index (χ0) is 25.0. The first-order valence-electron chi connectivity index (χ1n) is 9.45. The highest BCUT2D eigenvalue weighted by molar-refractivity contribution is 7.92. The molecule has 0 atom stereocenters. The van der Waals surface area contributed by atoms with Crippen molar-refractivity contribution in [1.82, 2.24) is 5.32 Å². The zero-order valence-corrected chi connectivity index (χ0v) is 18.2. The first-order valence-corrected chi connectivity index (χ1v) is 10.9. The highest BCUT2D eigenvalue weighted by Gasteiger charge is 2.22. The minimum atomic E-state index is -4.40. The number of carbonyl (C=O) groups excluding carboxylic acids is 1. The average Bonchev–Trinajstić information content (AvgIpc) is 2.79. The third-order valence-corrected chi connectivity index (χ3v) is 5.87. The molecule has 0 heterocycles. The third-order valence-electron chi connectivity index (χ3n) is 4.50. The van der Waals surface area contributed by atoms with Gasteiger partial charge in [0.15, 0.2) is 0 Å². The number of hydrogen-bond donors (Lipinski definition) is 4. The number of aromatic carboxylic acids is 2. The Labute approximate surface area is 192 Å². The number of hydrogen-bond acceptors (Lipinski definition) is 6. The second-order valence-corrected chi connectivity index (χ2v) is 8.46. The molecule has 0 unspecified atom stereocenters.